The predicted octanol–water partition coefficient (Wildman–Crippen LogP) is 5.81. The first-order valence-electron chi connectivity index (χ1n) is 8.31. The van der Waals surface area contributed by atoms with Crippen LogP contribution in [0.15, 0.2) is 59.6 Å². The zero-order valence-electron chi connectivity index (χ0n) is 14.3. The number of hydrogen-bond donors (Lipinski definition) is 2. The van der Waals surface area contributed by atoms with E-state index in [1.165, 1.54) is 30.0 Å². The van der Waals surface area contributed by atoms with E-state index < -0.39 is 11.1 Å². The van der Waals surface area contributed by atoms with Crippen molar-refractivity contribution in [3.63, 3.8) is 0 Å². The average molecular weight is 400 g/mol. The van der Waals surface area contributed by atoms with E-state index in [0.717, 1.165) is 22.1 Å². The van der Waals surface area contributed by atoms with E-state index in [9.17, 15) is 9.18 Å². The van der Waals surface area contributed by atoms with Crippen molar-refractivity contribution in [2.75, 3.05) is 10.6 Å². The summed E-state index contributed by atoms with van der Waals surface area (Å²) in [5.41, 5.74) is 2.22. The highest BCUT2D eigenvalue weighted by molar-refractivity contribution is 8.15. The molecule has 0 aromatic heterocycles. The minimum absolute atomic E-state index is 0.161. The summed E-state index contributed by atoms with van der Waals surface area (Å²) in [6.07, 6.45) is 0. The van der Waals surface area contributed by atoms with Gasteiger partial charge in [-0.05, 0) is 42.6 Å². The highest BCUT2D eigenvalue weighted by Gasteiger charge is 2.21. The monoisotopic (exact) mass is 399 g/mol. The number of aliphatic imine (C=N–C) groups is 1. The van der Waals surface area contributed by atoms with Gasteiger partial charge in [-0.3, -0.25) is 4.79 Å². The first-order chi connectivity index (χ1) is 13.0. The molecule has 1 heterocycles. The van der Waals surface area contributed by atoms with Crippen LogP contribution in [0.3, 0.4) is 0 Å². The van der Waals surface area contributed by atoms with E-state index in [0.29, 0.717) is 10.9 Å². The Kier molecular flexibility index (Phi) is 4.76. The molecule has 1 atom stereocenters. The van der Waals surface area contributed by atoms with Gasteiger partial charge >= 0.3 is 0 Å². The molecule has 0 aliphatic carbocycles. The van der Waals surface area contributed by atoms with Crippen molar-refractivity contribution >= 4 is 62.3 Å². The average Bonchev–Trinajstić information content (AvgIpc) is 2.64. The molecule has 0 bridgehead atoms. The van der Waals surface area contributed by atoms with E-state index in [1.54, 1.807) is 6.92 Å². The van der Waals surface area contributed by atoms with Crippen LogP contribution >= 0.6 is 23.4 Å². The van der Waals surface area contributed by atoms with E-state index >= 15 is 0 Å². The van der Waals surface area contributed by atoms with Gasteiger partial charge in [0, 0.05) is 5.39 Å². The number of carbonyl (C=O) groups excluding carboxylic acids is 1. The highest BCUT2D eigenvalue weighted by atomic mass is 35.5. The second kappa shape index (κ2) is 7.21. The van der Waals surface area contributed by atoms with Crippen LogP contribution in [0.5, 0.6) is 0 Å². The third kappa shape index (κ3) is 3.63. The molecule has 0 radical (unpaired) electrons. The first-order valence-corrected chi connectivity index (χ1v) is 9.57. The van der Waals surface area contributed by atoms with Crippen molar-refractivity contribution in [1.29, 1.82) is 0 Å². The summed E-state index contributed by atoms with van der Waals surface area (Å²) in [4.78, 5) is 17.1. The van der Waals surface area contributed by atoms with Crippen LogP contribution in [-0.4, -0.2) is 16.3 Å². The van der Waals surface area contributed by atoms with Crippen LogP contribution in [0, 0.1) is 5.82 Å². The molecule has 27 heavy (non-hydrogen) atoms. The summed E-state index contributed by atoms with van der Waals surface area (Å²) in [6, 6.07) is 15.8. The Labute approximate surface area is 164 Å². The number of halogens is 2. The number of carbonyl (C=O) groups is 1. The SMILES string of the molecule is C[C@H](SC1=Nc2cccc3cccc(c23)N1)C(=O)Nc1ccc(F)cc1Cl. The van der Waals surface area contributed by atoms with Gasteiger partial charge in [-0.1, -0.05) is 47.6 Å². The highest BCUT2D eigenvalue weighted by Crippen LogP contribution is 2.37. The number of amidine groups is 1. The lowest BCUT2D eigenvalue weighted by Crippen LogP contribution is -2.26. The number of nitrogens with one attached hydrogen (secondary N) is 2. The molecule has 3 aromatic rings. The largest absolute Gasteiger partial charge is 0.334 e. The second-order valence-electron chi connectivity index (χ2n) is 6.10. The lowest BCUT2D eigenvalue weighted by molar-refractivity contribution is -0.115. The van der Waals surface area contributed by atoms with E-state index in [-0.39, 0.29) is 10.9 Å². The van der Waals surface area contributed by atoms with Gasteiger partial charge in [0.05, 0.1) is 27.3 Å². The molecule has 0 fully saturated rings. The van der Waals surface area contributed by atoms with E-state index in [1.807, 2.05) is 36.4 Å². The van der Waals surface area contributed by atoms with Gasteiger partial charge in [0.15, 0.2) is 5.17 Å². The Hall–Kier alpha value is -2.57. The summed E-state index contributed by atoms with van der Waals surface area (Å²) in [5.74, 6) is -0.691. The molecule has 0 unspecified atom stereocenters. The minimum atomic E-state index is -0.450. The molecule has 0 saturated carbocycles. The molecular formula is C20H15ClFN3OS. The molecule has 1 aliphatic rings. The van der Waals surface area contributed by atoms with Gasteiger partial charge < -0.3 is 10.6 Å². The van der Waals surface area contributed by atoms with Gasteiger partial charge in [0.2, 0.25) is 5.91 Å². The molecule has 1 aliphatic heterocycles. The van der Waals surface area contributed by atoms with Crippen molar-refractivity contribution in [2.45, 2.75) is 12.2 Å². The number of anilines is 2. The number of nitrogens with zero attached hydrogens (tertiary/aromatic N) is 1. The molecule has 7 heteroatoms. The van der Waals surface area contributed by atoms with Crippen molar-refractivity contribution in [1.82, 2.24) is 0 Å². The van der Waals surface area contributed by atoms with Gasteiger partial charge in [0.1, 0.15) is 5.82 Å². The van der Waals surface area contributed by atoms with Crippen LogP contribution in [0.4, 0.5) is 21.5 Å². The smallest absolute Gasteiger partial charge is 0.237 e. The summed E-state index contributed by atoms with van der Waals surface area (Å²) >= 11 is 7.29. The summed E-state index contributed by atoms with van der Waals surface area (Å²) in [5, 5.41) is 8.57. The topological polar surface area (TPSA) is 53.5 Å². The van der Waals surface area contributed by atoms with Crippen molar-refractivity contribution < 1.29 is 9.18 Å². The third-order valence-electron chi connectivity index (χ3n) is 4.19. The molecule has 136 valence electrons. The maximum absolute atomic E-state index is 13.1. The van der Waals surface area contributed by atoms with E-state index in [4.69, 9.17) is 11.6 Å². The maximum Gasteiger partial charge on any atom is 0.237 e. The quantitative estimate of drug-likeness (QED) is 0.584. The molecule has 0 saturated heterocycles. The van der Waals surface area contributed by atoms with Crippen molar-refractivity contribution in [3.8, 4) is 0 Å². The molecule has 4 rings (SSSR count). The number of thioether (sulfide) groups is 1. The number of hydrogen-bond acceptors (Lipinski definition) is 4. The van der Waals surface area contributed by atoms with Crippen LogP contribution < -0.4 is 10.6 Å². The molecule has 1 amide bonds. The Bertz CT molecular complexity index is 1080. The minimum Gasteiger partial charge on any atom is -0.334 e. The van der Waals surface area contributed by atoms with Gasteiger partial charge in [-0.15, -0.1) is 0 Å². The Balaban J connectivity index is 1.51. The summed E-state index contributed by atoms with van der Waals surface area (Å²) in [7, 11) is 0. The number of rotatable bonds is 3. The maximum atomic E-state index is 13.1. The Morgan fingerprint density at radius 3 is 2.78 bits per heavy atom. The lowest BCUT2D eigenvalue weighted by atomic mass is 10.1. The molecule has 3 aromatic carbocycles. The Morgan fingerprint density at radius 1 is 1.22 bits per heavy atom. The van der Waals surface area contributed by atoms with Crippen LogP contribution in [-0.2, 0) is 4.79 Å². The number of amides is 1. The zero-order valence-corrected chi connectivity index (χ0v) is 15.9. The standard InChI is InChI=1S/C20H15ClFN3OS/c1-11(19(26)23-15-9-8-13(22)10-14(15)21)27-20-24-16-6-2-4-12-5-3-7-17(25-20)18(12)16/h2-11H,1H3,(H,23,26)(H,24,25)/t11-/m0/s1. The fourth-order valence-electron chi connectivity index (χ4n) is 2.87. The zero-order chi connectivity index (χ0) is 19.0. The van der Waals surface area contributed by atoms with Crippen LogP contribution in [0.1, 0.15) is 6.92 Å². The predicted molar refractivity (Wildman–Crippen MR) is 112 cm³/mol. The van der Waals surface area contributed by atoms with Crippen LogP contribution in [0.2, 0.25) is 5.02 Å². The second-order valence-corrected chi connectivity index (χ2v) is 7.83. The Morgan fingerprint density at radius 2 is 2.00 bits per heavy atom. The van der Waals surface area contributed by atoms with Crippen LogP contribution in [0.25, 0.3) is 10.8 Å². The molecule has 4 nitrogen and oxygen atoms in total. The fourth-order valence-corrected chi connectivity index (χ4v) is 3.91. The summed E-state index contributed by atoms with van der Waals surface area (Å²) in [6.45, 7) is 1.78. The molecule has 2 N–H and O–H groups in total. The summed E-state index contributed by atoms with van der Waals surface area (Å²) < 4.78 is 13.1. The first kappa shape index (κ1) is 17.8. The fraction of sp³-hybridized carbons (Fsp3) is 0.100. The molecule has 0 spiro atoms. The lowest BCUT2D eigenvalue weighted by Gasteiger charge is -2.20. The van der Waals surface area contributed by atoms with Crippen molar-refractivity contribution in [3.05, 3.63) is 65.4 Å². The number of benzene rings is 3. The van der Waals surface area contributed by atoms with Crippen molar-refractivity contribution in [2.24, 2.45) is 4.99 Å². The normalized spacial score (nSPS) is 13.7. The van der Waals surface area contributed by atoms with Gasteiger partial charge in [-0.2, -0.15) is 0 Å². The van der Waals surface area contributed by atoms with Gasteiger partial charge in [-0.25, -0.2) is 9.38 Å². The van der Waals surface area contributed by atoms with Gasteiger partial charge in [0.25, 0.3) is 0 Å². The molecular weight excluding hydrogens is 385 g/mol. The van der Waals surface area contributed by atoms with E-state index in [2.05, 4.69) is 15.6 Å². The third-order valence-corrected chi connectivity index (χ3v) is 5.49.